The van der Waals surface area contributed by atoms with Crippen molar-refractivity contribution >= 4 is 15.9 Å². The second-order valence-corrected chi connectivity index (χ2v) is 5.51. The maximum absolute atomic E-state index is 13.5. The van der Waals surface area contributed by atoms with Crippen molar-refractivity contribution in [3.8, 4) is 5.75 Å². The summed E-state index contributed by atoms with van der Waals surface area (Å²) in [7, 11) is 1.57. The van der Waals surface area contributed by atoms with Crippen molar-refractivity contribution in [2.45, 2.75) is 31.1 Å². The van der Waals surface area contributed by atoms with Crippen molar-refractivity contribution < 1.29 is 9.13 Å². The molecule has 4 heteroatoms. The van der Waals surface area contributed by atoms with E-state index in [0.717, 1.165) is 18.4 Å². The molecule has 2 rings (SSSR count). The molecular weight excluding hydrogens is 285 g/mol. The van der Waals surface area contributed by atoms with E-state index in [1.54, 1.807) is 7.11 Å². The van der Waals surface area contributed by atoms with Gasteiger partial charge in [0.25, 0.3) is 0 Å². The highest BCUT2D eigenvalue weighted by Gasteiger charge is 2.37. The van der Waals surface area contributed by atoms with Crippen molar-refractivity contribution in [3.05, 3.63) is 28.0 Å². The van der Waals surface area contributed by atoms with Gasteiger partial charge in [-0.2, -0.15) is 0 Å². The zero-order chi connectivity index (χ0) is 12.5. The van der Waals surface area contributed by atoms with Crippen LogP contribution in [0.5, 0.6) is 5.75 Å². The smallest absolute Gasteiger partial charge is 0.141 e. The first-order valence-corrected chi connectivity index (χ1v) is 6.66. The van der Waals surface area contributed by atoms with Gasteiger partial charge >= 0.3 is 0 Å². The molecule has 1 fully saturated rings. The Labute approximate surface area is 109 Å². The number of nitrogens with two attached hydrogens (primary N) is 1. The molecule has 1 aliphatic carbocycles. The lowest BCUT2D eigenvalue weighted by atomic mass is 9.78. The number of halogens is 2. The zero-order valence-corrected chi connectivity index (χ0v) is 11.5. The van der Waals surface area contributed by atoms with E-state index in [9.17, 15) is 4.39 Å². The first kappa shape index (κ1) is 12.8. The molecule has 2 nitrogen and oxygen atoms in total. The summed E-state index contributed by atoms with van der Waals surface area (Å²) < 4.78 is 19.3. The average molecular weight is 302 g/mol. The van der Waals surface area contributed by atoms with E-state index in [2.05, 4.69) is 15.9 Å². The van der Waals surface area contributed by atoms with E-state index < -0.39 is 0 Å². The van der Waals surface area contributed by atoms with Crippen LogP contribution in [0.4, 0.5) is 4.39 Å². The minimum absolute atomic E-state index is 0.0401. The largest absolute Gasteiger partial charge is 0.496 e. The highest BCUT2D eigenvalue weighted by Crippen LogP contribution is 2.45. The molecule has 0 spiro atoms. The molecule has 0 radical (unpaired) electrons. The van der Waals surface area contributed by atoms with E-state index in [4.69, 9.17) is 10.5 Å². The van der Waals surface area contributed by atoms with Gasteiger partial charge in [0, 0.05) is 23.6 Å². The fourth-order valence-corrected chi connectivity index (χ4v) is 3.09. The van der Waals surface area contributed by atoms with Gasteiger partial charge < -0.3 is 10.5 Å². The van der Waals surface area contributed by atoms with Crippen LogP contribution in [-0.4, -0.2) is 13.7 Å². The second kappa shape index (κ2) is 4.94. The lowest BCUT2D eigenvalue weighted by Crippen LogP contribution is -2.32. The molecule has 1 saturated carbocycles. The van der Waals surface area contributed by atoms with E-state index >= 15 is 0 Å². The molecular formula is C13H17BrFNO. The maximum Gasteiger partial charge on any atom is 0.141 e. The predicted molar refractivity (Wildman–Crippen MR) is 69.9 cm³/mol. The zero-order valence-electron chi connectivity index (χ0n) is 9.93. The molecule has 0 heterocycles. The van der Waals surface area contributed by atoms with Crippen molar-refractivity contribution in [1.82, 2.24) is 0 Å². The minimum Gasteiger partial charge on any atom is -0.496 e. The Morgan fingerprint density at radius 1 is 1.41 bits per heavy atom. The number of benzene rings is 1. The van der Waals surface area contributed by atoms with E-state index in [0.29, 0.717) is 16.8 Å². The van der Waals surface area contributed by atoms with Gasteiger partial charge in [0.05, 0.1) is 11.6 Å². The highest BCUT2D eigenvalue weighted by atomic mass is 79.9. The van der Waals surface area contributed by atoms with Crippen molar-refractivity contribution in [2.24, 2.45) is 5.73 Å². The molecule has 0 unspecified atom stereocenters. The molecule has 1 aromatic carbocycles. The summed E-state index contributed by atoms with van der Waals surface area (Å²) in [6, 6.07) is 3.27. The Morgan fingerprint density at radius 3 is 2.59 bits per heavy atom. The molecule has 2 N–H and O–H groups in total. The third-order valence-electron chi connectivity index (χ3n) is 3.77. The Morgan fingerprint density at radius 2 is 2.06 bits per heavy atom. The summed E-state index contributed by atoms with van der Waals surface area (Å²) in [6.45, 7) is 0.585. The number of rotatable bonds is 3. The van der Waals surface area contributed by atoms with Gasteiger partial charge in [-0.05, 0) is 34.8 Å². The van der Waals surface area contributed by atoms with E-state index in [1.165, 1.54) is 18.9 Å². The van der Waals surface area contributed by atoms with Crippen LogP contribution in [0.2, 0.25) is 0 Å². The van der Waals surface area contributed by atoms with Crippen molar-refractivity contribution in [3.63, 3.8) is 0 Å². The summed E-state index contributed by atoms with van der Waals surface area (Å²) in [5.41, 5.74) is 6.94. The van der Waals surface area contributed by atoms with Gasteiger partial charge in [-0.1, -0.05) is 12.8 Å². The van der Waals surface area contributed by atoms with Gasteiger partial charge in [-0.25, -0.2) is 4.39 Å². The van der Waals surface area contributed by atoms with Gasteiger partial charge in [-0.3, -0.25) is 0 Å². The lowest BCUT2D eigenvalue weighted by molar-refractivity contribution is 0.374. The third kappa shape index (κ3) is 2.20. The quantitative estimate of drug-likeness (QED) is 0.929. The SMILES string of the molecule is COc1cc(F)c(Br)cc1C1(CN)CCCC1. The van der Waals surface area contributed by atoms with Gasteiger partial charge in [0.2, 0.25) is 0 Å². The summed E-state index contributed by atoms with van der Waals surface area (Å²) in [4.78, 5) is 0. The van der Waals surface area contributed by atoms with Crippen LogP contribution in [0.25, 0.3) is 0 Å². The minimum atomic E-state index is -0.296. The fourth-order valence-electron chi connectivity index (χ4n) is 2.75. The van der Waals surface area contributed by atoms with Gasteiger partial charge in [0.1, 0.15) is 11.6 Å². The number of hydrogen-bond acceptors (Lipinski definition) is 2. The van der Waals surface area contributed by atoms with Crippen LogP contribution < -0.4 is 10.5 Å². The lowest BCUT2D eigenvalue weighted by Gasteiger charge is -2.29. The molecule has 0 aromatic heterocycles. The first-order chi connectivity index (χ1) is 8.13. The second-order valence-electron chi connectivity index (χ2n) is 4.66. The van der Waals surface area contributed by atoms with E-state index in [-0.39, 0.29) is 11.2 Å². The summed E-state index contributed by atoms with van der Waals surface area (Å²) in [6.07, 6.45) is 4.46. The first-order valence-electron chi connectivity index (χ1n) is 5.86. The Hall–Kier alpha value is -0.610. The van der Waals surface area contributed by atoms with Crippen molar-refractivity contribution in [1.29, 1.82) is 0 Å². The molecule has 0 aliphatic heterocycles. The highest BCUT2D eigenvalue weighted by molar-refractivity contribution is 9.10. The standard InChI is InChI=1S/C13H17BrFNO/c1-17-12-7-11(15)10(14)6-9(12)13(8-16)4-2-3-5-13/h6-7H,2-5,8,16H2,1H3. The normalized spacial score (nSPS) is 18.4. The third-order valence-corrected chi connectivity index (χ3v) is 4.37. The Balaban J connectivity index is 2.52. The van der Waals surface area contributed by atoms with E-state index in [1.807, 2.05) is 6.07 Å². The molecule has 0 bridgehead atoms. The molecule has 1 aliphatic rings. The molecule has 0 saturated heterocycles. The van der Waals surface area contributed by atoms with Gasteiger partial charge in [-0.15, -0.1) is 0 Å². The van der Waals surface area contributed by atoms with Crippen LogP contribution in [0.3, 0.4) is 0 Å². The fraction of sp³-hybridized carbons (Fsp3) is 0.538. The summed E-state index contributed by atoms with van der Waals surface area (Å²) >= 11 is 3.24. The number of hydrogen-bond donors (Lipinski definition) is 1. The van der Waals surface area contributed by atoms with Crippen LogP contribution in [0.15, 0.2) is 16.6 Å². The van der Waals surface area contributed by atoms with Crippen LogP contribution in [0.1, 0.15) is 31.2 Å². The number of ether oxygens (including phenoxy) is 1. The molecule has 17 heavy (non-hydrogen) atoms. The van der Waals surface area contributed by atoms with Crippen LogP contribution >= 0.6 is 15.9 Å². The molecule has 94 valence electrons. The monoisotopic (exact) mass is 301 g/mol. The predicted octanol–water partition coefficient (Wildman–Crippen LogP) is 3.37. The van der Waals surface area contributed by atoms with Gasteiger partial charge in [0.15, 0.2) is 0 Å². The Bertz CT molecular complexity index is 416. The Kier molecular flexibility index (Phi) is 3.73. The maximum atomic E-state index is 13.5. The average Bonchev–Trinajstić information content (AvgIpc) is 2.82. The van der Waals surface area contributed by atoms with Crippen LogP contribution in [-0.2, 0) is 5.41 Å². The topological polar surface area (TPSA) is 35.2 Å². The molecule has 0 atom stereocenters. The summed E-state index contributed by atoms with van der Waals surface area (Å²) in [5.74, 6) is 0.314. The molecule has 0 amide bonds. The molecule has 1 aromatic rings. The van der Waals surface area contributed by atoms with Crippen molar-refractivity contribution in [2.75, 3.05) is 13.7 Å². The number of methoxy groups -OCH3 is 1. The van der Waals surface area contributed by atoms with Crippen LogP contribution in [0, 0.1) is 5.82 Å². The summed E-state index contributed by atoms with van der Waals surface area (Å²) in [5, 5.41) is 0.